The summed E-state index contributed by atoms with van der Waals surface area (Å²) in [5.41, 5.74) is 0.173. The highest BCUT2D eigenvalue weighted by atomic mass is 16.3. The van der Waals surface area contributed by atoms with Crippen molar-refractivity contribution < 1.29 is 9.90 Å². The van der Waals surface area contributed by atoms with Gasteiger partial charge in [-0.3, -0.25) is 9.90 Å². The molecule has 0 unspecified atom stereocenters. The molecule has 59 valence electrons. The van der Waals surface area contributed by atoms with Crippen molar-refractivity contribution in [3.63, 3.8) is 0 Å². The Hall–Kier alpha value is -1.45. The summed E-state index contributed by atoms with van der Waals surface area (Å²) in [5, 5.41) is 13.3. The highest BCUT2D eigenvalue weighted by Crippen LogP contribution is 2.13. The van der Waals surface area contributed by atoms with Crippen LogP contribution in [0.3, 0.4) is 0 Å². The number of aromatic amines is 1. The van der Waals surface area contributed by atoms with E-state index in [9.17, 15) is 9.90 Å². The Morgan fingerprint density at radius 3 is 2.91 bits per heavy atom. The fourth-order valence-electron chi connectivity index (χ4n) is 0.789. The van der Waals surface area contributed by atoms with E-state index < -0.39 is 0 Å². The van der Waals surface area contributed by atoms with Gasteiger partial charge in [0, 0.05) is 12.7 Å². The zero-order valence-corrected chi connectivity index (χ0v) is 6.18. The molecule has 1 rings (SSSR count). The average Bonchev–Trinajstić information content (AvgIpc) is 2.36. The maximum atomic E-state index is 11.0. The van der Waals surface area contributed by atoms with Gasteiger partial charge in [-0.1, -0.05) is 0 Å². The van der Waals surface area contributed by atoms with Crippen molar-refractivity contribution in [2.24, 2.45) is 0 Å². The number of carbonyl (C=O) groups is 1. The van der Waals surface area contributed by atoms with E-state index >= 15 is 0 Å². The fraction of sp³-hybridized carbons (Fsp3) is 0.286. The molecule has 4 heteroatoms. The van der Waals surface area contributed by atoms with Crippen molar-refractivity contribution >= 4 is 5.91 Å². The second-order valence-corrected chi connectivity index (χ2v) is 2.08. The number of H-pyrrole nitrogens is 1. The van der Waals surface area contributed by atoms with Crippen LogP contribution in [0.15, 0.2) is 12.3 Å². The molecule has 0 saturated heterocycles. The summed E-state index contributed by atoms with van der Waals surface area (Å²) in [6.45, 7) is 2.33. The van der Waals surface area contributed by atoms with Crippen molar-refractivity contribution in [3.05, 3.63) is 17.8 Å². The van der Waals surface area contributed by atoms with Gasteiger partial charge in [0.2, 0.25) is 0 Å². The van der Waals surface area contributed by atoms with Crippen LogP contribution in [0.2, 0.25) is 0 Å². The zero-order chi connectivity index (χ0) is 8.27. The highest BCUT2D eigenvalue weighted by molar-refractivity contribution is 5.96. The summed E-state index contributed by atoms with van der Waals surface area (Å²) in [4.78, 5) is 13.4. The quantitative estimate of drug-likeness (QED) is 0.651. The molecule has 0 saturated carbocycles. The molecular formula is C7H9N2O2. The van der Waals surface area contributed by atoms with E-state index in [0.717, 1.165) is 0 Å². The molecule has 4 nitrogen and oxygen atoms in total. The molecule has 0 spiro atoms. The third-order valence-corrected chi connectivity index (χ3v) is 1.29. The standard InChI is InChI=1S/C7H9N2O2/c1-2-8-6(10)5-3-4-9-7(5)11/h3-4,9H,2H2,1H3,(H,8,10). The number of nitrogens with one attached hydrogen (secondary N) is 2. The van der Waals surface area contributed by atoms with Crippen LogP contribution >= 0.6 is 0 Å². The lowest BCUT2D eigenvalue weighted by atomic mass is 10.3. The van der Waals surface area contributed by atoms with Crippen molar-refractivity contribution in [1.29, 1.82) is 0 Å². The summed E-state index contributed by atoms with van der Waals surface area (Å²) >= 11 is 0. The summed E-state index contributed by atoms with van der Waals surface area (Å²) in [5.74, 6) is -0.658. The molecule has 1 radical (unpaired) electrons. The van der Waals surface area contributed by atoms with E-state index in [4.69, 9.17) is 0 Å². The van der Waals surface area contributed by atoms with E-state index in [0.29, 0.717) is 6.54 Å². The van der Waals surface area contributed by atoms with E-state index in [2.05, 4.69) is 10.3 Å². The van der Waals surface area contributed by atoms with Crippen molar-refractivity contribution in [2.45, 2.75) is 6.92 Å². The van der Waals surface area contributed by atoms with Crippen molar-refractivity contribution in [3.8, 4) is 5.88 Å². The minimum Gasteiger partial charge on any atom is -0.352 e. The Morgan fingerprint density at radius 2 is 2.45 bits per heavy atom. The molecule has 1 heterocycles. The number of carbonyl (C=O) groups excluding carboxylic acids is 1. The topological polar surface area (TPSA) is 64.8 Å². The molecule has 1 amide bonds. The fourth-order valence-corrected chi connectivity index (χ4v) is 0.789. The lowest BCUT2D eigenvalue weighted by molar-refractivity contribution is 0.0951. The second-order valence-electron chi connectivity index (χ2n) is 2.08. The van der Waals surface area contributed by atoms with Gasteiger partial charge in [0.1, 0.15) is 5.56 Å². The largest absolute Gasteiger partial charge is 0.352 e. The lowest BCUT2D eigenvalue weighted by Gasteiger charge is -1.96. The van der Waals surface area contributed by atoms with Gasteiger partial charge in [0.15, 0.2) is 0 Å². The molecule has 0 fully saturated rings. The first-order valence-corrected chi connectivity index (χ1v) is 3.38. The molecule has 0 aromatic carbocycles. The lowest BCUT2D eigenvalue weighted by Crippen LogP contribution is -2.22. The first-order valence-electron chi connectivity index (χ1n) is 3.38. The summed E-state index contributed by atoms with van der Waals surface area (Å²) < 4.78 is 0. The van der Waals surface area contributed by atoms with E-state index in [1.54, 1.807) is 6.92 Å². The zero-order valence-electron chi connectivity index (χ0n) is 6.18. The Bertz CT molecular complexity index is 255. The van der Waals surface area contributed by atoms with E-state index in [1.165, 1.54) is 12.3 Å². The van der Waals surface area contributed by atoms with Gasteiger partial charge in [-0.2, -0.15) is 0 Å². The molecule has 0 aliphatic rings. The number of rotatable bonds is 2. The molecule has 0 atom stereocenters. The van der Waals surface area contributed by atoms with Gasteiger partial charge in [-0.05, 0) is 13.0 Å². The molecule has 0 aliphatic carbocycles. The first kappa shape index (κ1) is 7.65. The minimum absolute atomic E-state index is 0.173. The summed E-state index contributed by atoms with van der Waals surface area (Å²) in [6, 6.07) is 1.47. The number of hydrogen-bond donors (Lipinski definition) is 2. The maximum Gasteiger partial charge on any atom is 0.260 e. The van der Waals surface area contributed by atoms with Crippen LogP contribution in [-0.2, 0) is 5.11 Å². The third kappa shape index (κ3) is 1.52. The van der Waals surface area contributed by atoms with Crippen molar-refractivity contribution in [2.75, 3.05) is 6.54 Å². The SMILES string of the molecule is CCNC(=O)c1cc[nH]c1[O]. The number of hydrogen-bond acceptors (Lipinski definition) is 1. The van der Waals surface area contributed by atoms with Gasteiger partial charge in [0.05, 0.1) is 0 Å². The highest BCUT2D eigenvalue weighted by Gasteiger charge is 2.11. The third-order valence-electron chi connectivity index (χ3n) is 1.29. The van der Waals surface area contributed by atoms with Crippen LogP contribution < -0.4 is 5.32 Å². The monoisotopic (exact) mass is 153 g/mol. The van der Waals surface area contributed by atoms with Crippen LogP contribution in [0.1, 0.15) is 17.3 Å². The Morgan fingerprint density at radius 1 is 1.73 bits per heavy atom. The first-order chi connectivity index (χ1) is 5.25. The predicted molar refractivity (Wildman–Crippen MR) is 38.9 cm³/mol. The van der Waals surface area contributed by atoms with Gasteiger partial charge in [0.25, 0.3) is 11.8 Å². The maximum absolute atomic E-state index is 11.0. The second kappa shape index (κ2) is 3.09. The number of amides is 1. The molecule has 11 heavy (non-hydrogen) atoms. The van der Waals surface area contributed by atoms with Crippen LogP contribution in [0, 0.1) is 0 Å². The van der Waals surface area contributed by atoms with E-state index in [1.807, 2.05) is 0 Å². The molecule has 1 aromatic heterocycles. The molecule has 2 N–H and O–H groups in total. The van der Waals surface area contributed by atoms with Gasteiger partial charge < -0.3 is 10.3 Å². The Labute approximate surface area is 64.2 Å². The summed E-state index contributed by atoms with van der Waals surface area (Å²) in [7, 11) is 0. The Balaban J connectivity index is 2.76. The molecule has 1 aromatic rings. The minimum atomic E-state index is -0.337. The predicted octanol–water partition coefficient (Wildman–Crippen LogP) is 0.908. The normalized spacial score (nSPS) is 9.55. The van der Waals surface area contributed by atoms with Crippen LogP contribution in [0.4, 0.5) is 0 Å². The molecular weight excluding hydrogens is 144 g/mol. The van der Waals surface area contributed by atoms with Gasteiger partial charge >= 0.3 is 0 Å². The van der Waals surface area contributed by atoms with Crippen molar-refractivity contribution in [1.82, 2.24) is 10.3 Å². The van der Waals surface area contributed by atoms with E-state index in [-0.39, 0.29) is 17.4 Å². The molecule has 0 bridgehead atoms. The molecule has 0 aliphatic heterocycles. The summed E-state index contributed by atoms with van der Waals surface area (Å²) in [6.07, 6.45) is 1.45. The van der Waals surface area contributed by atoms with Crippen LogP contribution in [-0.4, -0.2) is 17.4 Å². The smallest absolute Gasteiger partial charge is 0.260 e. The Kier molecular flexibility index (Phi) is 2.15. The van der Waals surface area contributed by atoms with Crippen LogP contribution in [0.5, 0.6) is 5.88 Å². The van der Waals surface area contributed by atoms with Gasteiger partial charge in [-0.25, -0.2) is 0 Å². The average molecular weight is 153 g/mol. The van der Waals surface area contributed by atoms with Gasteiger partial charge in [-0.15, -0.1) is 0 Å². The number of aromatic nitrogens is 1. The van der Waals surface area contributed by atoms with Crippen LogP contribution in [0.25, 0.3) is 0 Å².